The monoisotopic (exact) mass is 526 g/mol. The Morgan fingerprint density at radius 2 is 1.92 bits per heavy atom. The molecule has 0 bridgehead atoms. The number of halogens is 3. The number of nitrogens with zero attached hydrogens (tertiary/aromatic N) is 3. The molecule has 1 aliphatic heterocycles. The van der Waals surface area contributed by atoms with Crippen molar-refractivity contribution in [1.29, 1.82) is 0 Å². The maximum atomic E-state index is 13.2. The number of rotatable bonds is 5. The smallest absolute Gasteiger partial charge is 0.378 e. The standard InChI is InChI=1S/C28H29F3N4O3/c1-16(2)18-12-20(14-32-13-18)27(8-9-27)26-33-22-7-4-10-35(15-21(22)24(37)34-26)25(38)23(36)17-5-3-6-19(11-17)28(29,30)31/h3,5-6,11-14,16,23,36H,4,7-10,15H2,1-2H3,(H,33,34,37)/t23-/m1/s1. The van der Waals surface area contributed by atoms with Gasteiger partial charge in [-0.3, -0.25) is 14.6 Å². The minimum Gasteiger partial charge on any atom is -0.378 e. The van der Waals surface area contributed by atoms with E-state index in [0.717, 1.165) is 42.2 Å². The number of aryl methyl sites for hydroxylation is 1. The number of fused-ring (bicyclic) bond motifs is 1. The fraction of sp³-hybridized carbons (Fsp3) is 0.429. The van der Waals surface area contributed by atoms with Crippen molar-refractivity contribution in [1.82, 2.24) is 19.9 Å². The molecule has 2 aromatic heterocycles. The van der Waals surface area contributed by atoms with Crippen LogP contribution in [0.3, 0.4) is 0 Å². The van der Waals surface area contributed by atoms with Crippen molar-refractivity contribution in [2.75, 3.05) is 6.54 Å². The van der Waals surface area contributed by atoms with Crippen LogP contribution in [-0.2, 0) is 29.4 Å². The lowest BCUT2D eigenvalue weighted by Crippen LogP contribution is -2.36. The number of amides is 1. The number of nitrogens with one attached hydrogen (secondary N) is 1. The number of pyridine rings is 1. The van der Waals surface area contributed by atoms with E-state index in [1.807, 2.05) is 12.4 Å². The molecule has 1 amide bonds. The number of carbonyl (C=O) groups excluding carboxylic acids is 1. The number of aliphatic hydroxyl groups excluding tert-OH is 1. The molecule has 0 saturated heterocycles. The second kappa shape index (κ2) is 9.65. The van der Waals surface area contributed by atoms with Crippen LogP contribution in [0.15, 0.2) is 47.5 Å². The molecule has 38 heavy (non-hydrogen) atoms. The largest absolute Gasteiger partial charge is 0.416 e. The minimum absolute atomic E-state index is 0.0792. The number of benzene rings is 1. The molecule has 0 unspecified atom stereocenters. The van der Waals surface area contributed by atoms with Crippen molar-refractivity contribution in [3.05, 3.63) is 92.4 Å². The Bertz CT molecular complexity index is 1430. The van der Waals surface area contributed by atoms with E-state index in [0.29, 0.717) is 35.8 Å². The Morgan fingerprint density at radius 3 is 2.61 bits per heavy atom. The van der Waals surface area contributed by atoms with Crippen LogP contribution in [0.1, 0.15) is 84.5 Å². The van der Waals surface area contributed by atoms with Crippen LogP contribution in [0.2, 0.25) is 0 Å². The maximum Gasteiger partial charge on any atom is 0.416 e. The Hall–Kier alpha value is -3.53. The van der Waals surface area contributed by atoms with Gasteiger partial charge < -0.3 is 15.0 Å². The lowest BCUT2D eigenvalue weighted by Gasteiger charge is -2.24. The van der Waals surface area contributed by atoms with Gasteiger partial charge in [-0.15, -0.1) is 0 Å². The zero-order valence-corrected chi connectivity index (χ0v) is 21.2. The molecule has 200 valence electrons. The molecule has 10 heteroatoms. The number of aliphatic hydroxyl groups is 1. The highest BCUT2D eigenvalue weighted by Crippen LogP contribution is 2.52. The summed E-state index contributed by atoms with van der Waals surface area (Å²) >= 11 is 0. The van der Waals surface area contributed by atoms with Crippen LogP contribution in [0.5, 0.6) is 0 Å². The summed E-state index contributed by atoms with van der Waals surface area (Å²) in [6.45, 7) is 4.36. The fourth-order valence-corrected chi connectivity index (χ4v) is 5.06. The molecule has 7 nitrogen and oxygen atoms in total. The lowest BCUT2D eigenvalue weighted by atomic mass is 9.93. The van der Waals surface area contributed by atoms with Gasteiger partial charge in [-0.05, 0) is 60.4 Å². The number of alkyl halides is 3. The summed E-state index contributed by atoms with van der Waals surface area (Å²) < 4.78 is 39.3. The van der Waals surface area contributed by atoms with Gasteiger partial charge in [0.15, 0.2) is 6.10 Å². The highest BCUT2D eigenvalue weighted by atomic mass is 19.4. The second-order valence-corrected chi connectivity index (χ2v) is 10.5. The summed E-state index contributed by atoms with van der Waals surface area (Å²) in [4.78, 5) is 39.8. The van der Waals surface area contributed by atoms with Crippen molar-refractivity contribution in [3.63, 3.8) is 0 Å². The van der Waals surface area contributed by atoms with Gasteiger partial charge >= 0.3 is 6.18 Å². The highest BCUT2D eigenvalue weighted by Gasteiger charge is 2.49. The van der Waals surface area contributed by atoms with E-state index in [-0.39, 0.29) is 24.2 Å². The summed E-state index contributed by atoms with van der Waals surface area (Å²) in [5.41, 5.74) is 1.22. The second-order valence-electron chi connectivity index (χ2n) is 10.5. The van der Waals surface area contributed by atoms with Crippen LogP contribution in [-0.4, -0.2) is 37.4 Å². The average molecular weight is 527 g/mol. The van der Waals surface area contributed by atoms with Crippen molar-refractivity contribution in [2.24, 2.45) is 0 Å². The first-order chi connectivity index (χ1) is 18.0. The minimum atomic E-state index is -4.60. The summed E-state index contributed by atoms with van der Waals surface area (Å²) in [7, 11) is 0. The first-order valence-corrected chi connectivity index (χ1v) is 12.7. The predicted octanol–water partition coefficient (Wildman–Crippen LogP) is 4.40. The van der Waals surface area contributed by atoms with Gasteiger partial charge in [-0.2, -0.15) is 13.2 Å². The predicted molar refractivity (Wildman–Crippen MR) is 133 cm³/mol. The van der Waals surface area contributed by atoms with E-state index in [2.05, 4.69) is 29.9 Å². The van der Waals surface area contributed by atoms with E-state index in [1.165, 1.54) is 11.0 Å². The van der Waals surface area contributed by atoms with Gasteiger partial charge in [0.2, 0.25) is 0 Å². The lowest BCUT2D eigenvalue weighted by molar-refractivity contribution is -0.142. The molecule has 2 aliphatic rings. The van der Waals surface area contributed by atoms with Crippen molar-refractivity contribution in [3.8, 4) is 0 Å². The van der Waals surface area contributed by atoms with E-state index in [4.69, 9.17) is 4.98 Å². The maximum absolute atomic E-state index is 13.2. The van der Waals surface area contributed by atoms with Crippen LogP contribution in [0.4, 0.5) is 13.2 Å². The molecule has 1 saturated carbocycles. The summed E-state index contributed by atoms with van der Waals surface area (Å²) in [6, 6.07) is 6.21. The SMILES string of the molecule is CC(C)c1cncc(C2(c3nc4c(c(=O)[nH]3)CN(C(=O)[C@H](O)c3cccc(C(F)(F)F)c3)CCC4)CC2)c1. The average Bonchev–Trinajstić information content (AvgIpc) is 3.72. The van der Waals surface area contributed by atoms with Crippen molar-refractivity contribution < 1.29 is 23.1 Å². The Labute approximate surface area is 217 Å². The van der Waals surface area contributed by atoms with Gasteiger partial charge in [-0.25, -0.2) is 4.98 Å². The van der Waals surface area contributed by atoms with E-state index >= 15 is 0 Å². The molecule has 3 heterocycles. The molecular weight excluding hydrogens is 497 g/mol. The van der Waals surface area contributed by atoms with Crippen molar-refractivity contribution in [2.45, 2.75) is 69.7 Å². The highest BCUT2D eigenvalue weighted by molar-refractivity contribution is 5.82. The number of H-pyrrole nitrogens is 1. The van der Waals surface area contributed by atoms with Crippen LogP contribution >= 0.6 is 0 Å². The first-order valence-electron chi connectivity index (χ1n) is 12.7. The third-order valence-electron chi connectivity index (χ3n) is 7.55. The number of carbonyl (C=O) groups is 1. The first kappa shape index (κ1) is 26.1. The molecule has 0 radical (unpaired) electrons. The van der Waals surface area contributed by atoms with Crippen LogP contribution in [0, 0.1) is 0 Å². The quantitative estimate of drug-likeness (QED) is 0.514. The van der Waals surface area contributed by atoms with E-state index in [1.54, 1.807) is 0 Å². The zero-order valence-electron chi connectivity index (χ0n) is 21.2. The van der Waals surface area contributed by atoms with E-state index < -0.39 is 29.2 Å². The summed E-state index contributed by atoms with van der Waals surface area (Å²) in [5.74, 6) is 0.149. The molecular formula is C28H29F3N4O3. The molecule has 1 fully saturated rings. The van der Waals surface area contributed by atoms with Crippen LogP contribution < -0.4 is 5.56 Å². The van der Waals surface area contributed by atoms with Gasteiger partial charge in [0.25, 0.3) is 11.5 Å². The number of hydrogen-bond donors (Lipinski definition) is 2. The van der Waals surface area contributed by atoms with Crippen LogP contribution in [0.25, 0.3) is 0 Å². The molecule has 5 rings (SSSR count). The molecule has 1 aromatic carbocycles. The van der Waals surface area contributed by atoms with Gasteiger partial charge in [0.05, 0.1) is 28.8 Å². The zero-order chi connectivity index (χ0) is 27.2. The van der Waals surface area contributed by atoms with Gasteiger partial charge in [-0.1, -0.05) is 32.0 Å². The van der Waals surface area contributed by atoms with Gasteiger partial charge in [0, 0.05) is 18.9 Å². The Morgan fingerprint density at radius 1 is 1.16 bits per heavy atom. The topological polar surface area (TPSA) is 99.2 Å². The number of aromatic amines is 1. The van der Waals surface area contributed by atoms with Gasteiger partial charge in [0.1, 0.15) is 5.82 Å². The molecule has 0 spiro atoms. The number of hydrogen-bond acceptors (Lipinski definition) is 5. The number of aromatic nitrogens is 3. The molecule has 3 aromatic rings. The Balaban J connectivity index is 1.41. The summed E-state index contributed by atoms with van der Waals surface area (Å²) in [6.07, 6.45) is -0.0610. The third-order valence-corrected chi connectivity index (χ3v) is 7.55. The molecule has 1 atom stereocenters. The van der Waals surface area contributed by atoms with Crippen molar-refractivity contribution >= 4 is 5.91 Å². The fourth-order valence-electron chi connectivity index (χ4n) is 5.06. The van der Waals surface area contributed by atoms with E-state index in [9.17, 15) is 27.9 Å². The molecule has 1 aliphatic carbocycles. The normalized spacial score (nSPS) is 17.6. The Kier molecular flexibility index (Phi) is 6.63. The summed E-state index contributed by atoms with van der Waals surface area (Å²) in [5, 5.41) is 10.6. The third kappa shape index (κ3) is 4.84. The molecule has 2 N–H and O–H groups in total.